The lowest BCUT2D eigenvalue weighted by Crippen LogP contribution is -2.49. The maximum absolute atomic E-state index is 10.8. The molecule has 0 heterocycles. The van der Waals surface area contributed by atoms with Gasteiger partial charge in [-0.15, -0.1) is 0 Å². The second-order valence-electron chi connectivity index (χ2n) is 2.80. The predicted octanol–water partition coefficient (Wildman–Crippen LogP) is 1.78. The Bertz CT molecular complexity index is 124. The second kappa shape index (κ2) is 4.88. The molecule has 0 amide bonds. The normalized spacial score (nSPS) is 11.6. The van der Waals surface area contributed by atoms with Crippen LogP contribution in [-0.2, 0) is 4.79 Å². The second-order valence-corrected chi connectivity index (χ2v) is 3.69. The summed E-state index contributed by atoms with van der Waals surface area (Å²) in [6.07, 6.45) is 0. The average Bonchev–Trinajstić information content (AvgIpc) is 2.00. The van der Waals surface area contributed by atoms with Crippen molar-refractivity contribution in [2.45, 2.75) is 20.8 Å². The first-order valence-corrected chi connectivity index (χ1v) is 4.93. The van der Waals surface area contributed by atoms with Gasteiger partial charge in [-0.2, -0.15) is 0 Å². The molecule has 0 aromatic heterocycles. The van der Waals surface area contributed by atoms with Gasteiger partial charge >= 0.3 is 0 Å². The highest BCUT2D eigenvalue weighted by atomic mass is 79.9. The summed E-state index contributed by atoms with van der Waals surface area (Å²) in [5.74, 6) is 0. The van der Waals surface area contributed by atoms with Crippen LogP contribution in [0.4, 0.5) is 0 Å². The largest absolute Gasteiger partial charge is 0.317 e. The summed E-state index contributed by atoms with van der Waals surface area (Å²) in [6.45, 7) is 10.1. The quantitative estimate of drug-likeness (QED) is 0.513. The van der Waals surface area contributed by atoms with Crippen molar-refractivity contribution in [3.05, 3.63) is 0 Å². The van der Waals surface area contributed by atoms with E-state index in [0.29, 0.717) is 6.54 Å². The van der Waals surface area contributed by atoms with Gasteiger partial charge in [0, 0.05) is 0 Å². The topological polar surface area (TPSA) is 17.1 Å². The lowest BCUT2D eigenvalue weighted by Gasteiger charge is -2.34. The minimum atomic E-state index is 0.114. The molecule has 0 fully saturated rings. The van der Waals surface area contributed by atoms with Crippen LogP contribution in [0.1, 0.15) is 20.8 Å². The van der Waals surface area contributed by atoms with Gasteiger partial charge in [0.05, 0.1) is 19.6 Å². The van der Waals surface area contributed by atoms with E-state index in [1.165, 1.54) is 0 Å². The number of likely N-dealkylation sites (N-methyl/N-ethyl adjacent to an activating group) is 1. The van der Waals surface area contributed by atoms with Crippen LogP contribution in [0.5, 0.6) is 0 Å². The van der Waals surface area contributed by atoms with E-state index in [4.69, 9.17) is 0 Å². The molecule has 0 bridgehead atoms. The van der Waals surface area contributed by atoms with Gasteiger partial charge in [0.2, 0.25) is 0 Å². The fourth-order valence-corrected chi connectivity index (χ4v) is 1.80. The standard InChI is InChI=1S/C8H17BrNO/c1-4-10(5-2,6-3)7-8(9)11/h4-7H2,1-3H3/q+1. The lowest BCUT2D eigenvalue weighted by atomic mass is 10.3. The molecule has 0 aliphatic carbocycles. The van der Waals surface area contributed by atoms with Crippen molar-refractivity contribution in [1.82, 2.24) is 0 Å². The van der Waals surface area contributed by atoms with E-state index in [1.54, 1.807) is 0 Å². The zero-order valence-corrected chi connectivity index (χ0v) is 9.15. The van der Waals surface area contributed by atoms with Crippen LogP contribution in [-0.4, -0.2) is 35.4 Å². The first-order valence-electron chi connectivity index (χ1n) is 4.13. The predicted molar refractivity (Wildman–Crippen MR) is 50.7 cm³/mol. The number of quaternary nitrogens is 1. The number of rotatable bonds is 5. The number of hydrogen-bond acceptors (Lipinski definition) is 1. The highest BCUT2D eigenvalue weighted by molar-refractivity contribution is 9.18. The van der Waals surface area contributed by atoms with Crippen LogP contribution in [0.2, 0.25) is 0 Å². The third-order valence-corrected chi connectivity index (χ3v) is 2.72. The Hall–Kier alpha value is 0.110. The van der Waals surface area contributed by atoms with Gasteiger partial charge < -0.3 is 4.48 Å². The summed E-state index contributed by atoms with van der Waals surface area (Å²) in [6, 6.07) is 0. The van der Waals surface area contributed by atoms with Crippen LogP contribution < -0.4 is 0 Å². The molecule has 0 N–H and O–H groups in total. The van der Waals surface area contributed by atoms with E-state index >= 15 is 0 Å². The van der Waals surface area contributed by atoms with E-state index in [-0.39, 0.29) is 4.69 Å². The van der Waals surface area contributed by atoms with Crippen molar-refractivity contribution in [2.24, 2.45) is 0 Å². The summed E-state index contributed by atoms with van der Waals surface area (Å²) in [4.78, 5) is 10.8. The minimum Gasteiger partial charge on any atom is -0.317 e. The number of carbonyl (C=O) groups is 1. The molecule has 0 saturated carbocycles. The van der Waals surface area contributed by atoms with Crippen molar-refractivity contribution >= 4 is 20.6 Å². The molecular formula is C8H17BrNO+. The van der Waals surface area contributed by atoms with Crippen molar-refractivity contribution < 1.29 is 9.28 Å². The van der Waals surface area contributed by atoms with Crippen molar-refractivity contribution in [3.63, 3.8) is 0 Å². The molecule has 3 heteroatoms. The fraction of sp³-hybridized carbons (Fsp3) is 0.875. The summed E-state index contributed by atoms with van der Waals surface area (Å²) < 4.78 is 1.01. The van der Waals surface area contributed by atoms with Crippen LogP contribution in [0.25, 0.3) is 0 Å². The fourth-order valence-electron chi connectivity index (χ4n) is 1.27. The van der Waals surface area contributed by atoms with Crippen LogP contribution >= 0.6 is 15.9 Å². The van der Waals surface area contributed by atoms with Gasteiger partial charge in [-0.1, -0.05) is 0 Å². The van der Waals surface area contributed by atoms with Crippen molar-refractivity contribution in [1.29, 1.82) is 0 Å². The van der Waals surface area contributed by atoms with Gasteiger partial charge in [-0.25, -0.2) is 0 Å². The molecule has 2 nitrogen and oxygen atoms in total. The average molecular weight is 223 g/mol. The molecule has 0 aromatic rings. The van der Waals surface area contributed by atoms with Crippen LogP contribution in [0, 0.1) is 0 Å². The van der Waals surface area contributed by atoms with Gasteiger partial charge in [-0.05, 0) is 36.7 Å². The third-order valence-electron chi connectivity index (χ3n) is 2.47. The maximum Gasteiger partial charge on any atom is 0.251 e. The Labute approximate surface area is 77.3 Å². The summed E-state index contributed by atoms with van der Waals surface area (Å²) in [5, 5.41) is 0. The summed E-state index contributed by atoms with van der Waals surface area (Å²) in [7, 11) is 0. The number of nitrogens with zero attached hydrogens (tertiary/aromatic N) is 1. The van der Waals surface area contributed by atoms with Gasteiger partial charge in [0.1, 0.15) is 6.54 Å². The zero-order chi connectivity index (χ0) is 8.91. The highest BCUT2D eigenvalue weighted by Crippen LogP contribution is 2.06. The minimum absolute atomic E-state index is 0.114. The first kappa shape index (κ1) is 11.1. The number of halogens is 1. The molecule has 11 heavy (non-hydrogen) atoms. The summed E-state index contributed by atoms with van der Waals surface area (Å²) in [5.41, 5.74) is 0. The Kier molecular flexibility index (Phi) is 4.93. The number of carbonyl (C=O) groups excluding carboxylic acids is 1. The molecule has 0 spiro atoms. The Morgan fingerprint density at radius 2 is 1.55 bits per heavy atom. The SMILES string of the molecule is CC[N+](CC)(CC)CC(=O)Br. The first-order chi connectivity index (χ1) is 5.10. The van der Waals surface area contributed by atoms with Gasteiger partial charge in [0.15, 0.2) is 0 Å². The molecule has 0 radical (unpaired) electrons. The van der Waals surface area contributed by atoms with E-state index in [9.17, 15) is 4.79 Å². The molecule has 0 atom stereocenters. The summed E-state index contributed by atoms with van der Waals surface area (Å²) >= 11 is 2.98. The third kappa shape index (κ3) is 3.34. The lowest BCUT2D eigenvalue weighted by molar-refractivity contribution is -0.915. The molecule has 0 aliphatic heterocycles. The van der Waals surface area contributed by atoms with E-state index < -0.39 is 0 Å². The molecule has 0 aromatic carbocycles. The Balaban J connectivity index is 4.16. The van der Waals surface area contributed by atoms with Crippen LogP contribution in [0.3, 0.4) is 0 Å². The Morgan fingerprint density at radius 3 is 1.64 bits per heavy atom. The smallest absolute Gasteiger partial charge is 0.251 e. The molecule has 0 aliphatic rings. The molecule has 0 saturated heterocycles. The van der Waals surface area contributed by atoms with E-state index in [1.807, 2.05) is 0 Å². The van der Waals surface area contributed by atoms with Crippen molar-refractivity contribution in [2.75, 3.05) is 26.2 Å². The van der Waals surface area contributed by atoms with Gasteiger partial charge in [-0.3, -0.25) is 4.79 Å². The number of hydrogen-bond donors (Lipinski definition) is 0. The van der Waals surface area contributed by atoms with E-state index in [0.717, 1.165) is 24.1 Å². The van der Waals surface area contributed by atoms with Gasteiger partial charge in [0.25, 0.3) is 4.69 Å². The molecule has 66 valence electrons. The van der Waals surface area contributed by atoms with Crippen LogP contribution in [0.15, 0.2) is 0 Å². The monoisotopic (exact) mass is 222 g/mol. The maximum atomic E-state index is 10.8. The van der Waals surface area contributed by atoms with Crippen molar-refractivity contribution in [3.8, 4) is 0 Å². The molecule has 0 rings (SSSR count). The molecule has 0 unspecified atom stereocenters. The Morgan fingerprint density at radius 1 is 1.18 bits per heavy atom. The zero-order valence-electron chi connectivity index (χ0n) is 7.56. The molecular weight excluding hydrogens is 206 g/mol. The van der Waals surface area contributed by atoms with E-state index in [2.05, 4.69) is 36.7 Å². The highest BCUT2D eigenvalue weighted by Gasteiger charge is 2.22.